The maximum atomic E-state index is 13.5. The van der Waals surface area contributed by atoms with Crippen molar-refractivity contribution in [3.05, 3.63) is 79.5 Å². The van der Waals surface area contributed by atoms with Crippen LogP contribution in [0.1, 0.15) is 53.4 Å². The lowest BCUT2D eigenvalue weighted by molar-refractivity contribution is 0.314. The monoisotopic (exact) mass is 876 g/mol. The van der Waals surface area contributed by atoms with Crippen LogP contribution in [0, 0.1) is 17.8 Å². The predicted octanol–water partition coefficient (Wildman–Crippen LogP) is 5.46. The van der Waals surface area contributed by atoms with Gasteiger partial charge in [0.25, 0.3) is 0 Å². The number of anilines is 1. The van der Waals surface area contributed by atoms with E-state index in [4.69, 9.17) is 10.7 Å². The average Bonchev–Trinajstić information content (AvgIpc) is 3.78. The number of sulfonamides is 2. The van der Waals surface area contributed by atoms with Crippen LogP contribution in [0.15, 0.2) is 73.6 Å². The Morgan fingerprint density at radius 2 is 1.23 bits per heavy atom. The minimum absolute atomic E-state index is 0.000985. The summed E-state index contributed by atoms with van der Waals surface area (Å²) in [5.74, 6) is 0.874. The van der Waals surface area contributed by atoms with Gasteiger partial charge < -0.3 is 20.2 Å². The highest BCUT2D eigenvalue weighted by Gasteiger charge is 2.30. The maximum absolute atomic E-state index is 13.5. The number of piperidine rings is 2. The molecule has 61 heavy (non-hydrogen) atoms. The van der Waals surface area contributed by atoms with Gasteiger partial charge in [-0.1, -0.05) is 27.7 Å². The second kappa shape index (κ2) is 19.8. The van der Waals surface area contributed by atoms with Gasteiger partial charge in [0.15, 0.2) is 11.3 Å². The largest absolute Gasteiger partial charge is 0.365 e. The van der Waals surface area contributed by atoms with Crippen molar-refractivity contribution in [3.8, 4) is 22.5 Å². The zero-order valence-corrected chi connectivity index (χ0v) is 37.3. The fourth-order valence-corrected chi connectivity index (χ4v) is 11.1. The molecule has 0 bridgehead atoms. The van der Waals surface area contributed by atoms with Gasteiger partial charge in [0.05, 0.1) is 40.9 Å². The van der Waals surface area contributed by atoms with Crippen LogP contribution in [0.5, 0.6) is 0 Å². The molecule has 2 aliphatic heterocycles. The second-order valence-electron chi connectivity index (χ2n) is 16.5. The molecule has 2 saturated heterocycles. The van der Waals surface area contributed by atoms with Crippen molar-refractivity contribution >= 4 is 48.2 Å². The summed E-state index contributed by atoms with van der Waals surface area (Å²) in [5, 5.41) is 3.47. The zero-order chi connectivity index (χ0) is 43.9. The third-order valence-corrected chi connectivity index (χ3v) is 14.7. The summed E-state index contributed by atoms with van der Waals surface area (Å²) in [6.45, 7) is 9.87. The van der Waals surface area contributed by atoms with Crippen molar-refractivity contribution < 1.29 is 21.2 Å². The van der Waals surface area contributed by atoms with Crippen molar-refractivity contribution in [3.63, 3.8) is 0 Å². The number of pyridine rings is 2. The number of nitrogens with zero attached hydrogens (tertiary/aromatic N) is 10. The van der Waals surface area contributed by atoms with Gasteiger partial charge in [-0.2, -0.15) is 8.70 Å². The molecule has 6 aromatic rings. The van der Waals surface area contributed by atoms with Crippen molar-refractivity contribution in [1.82, 2.24) is 47.6 Å². The van der Waals surface area contributed by atoms with E-state index < -0.39 is 26.0 Å². The molecule has 2 atom stereocenters. The van der Waals surface area contributed by atoms with Gasteiger partial charge in [0.2, 0.25) is 26.0 Å². The lowest BCUT2D eigenvalue weighted by atomic mass is 10.1. The molecule has 0 spiro atoms. The summed E-state index contributed by atoms with van der Waals surface area (Å²) in [4.78, 5) is 26.0. The van der Waals surface area contributed by atoms with E-state index in [1.165, 1.54) is 6.20 Å². The van der Waals surface area contributed by atoms with E-state index in [1.54, 1.807) is 39.3 Å². The molecule has 3 N–H and O–H groups in total. The zero-order valence-electron chi connectivity index (χ0n) is 35.7. The number of halogens is 1. The van der Waals surface area contributed by atoms with E-state index in [2.05, 4.69) is 30.2 Å². The molecule has 0 radical (unpaired) electrons. The van der Waals surface area contributed by atoms with Crippen molar-refractivity contribution in [2.75, 3.05) is 43.0 Å². The third-order valence-electron chi connectivity index (χ3n) is 10.3. The first-order chi connectivity index (χ1) is 29.0. The van der Waals surface area contributed by atoms with E-state index >= 15 is 0 Å². The molecule has 16 nitrogen and oxygen atoms in total. The Labute approximate surface area is 358 Å². The van der Waals surface area contributed by atoms with Crippen LogP contribution in [0.4, 0.5) is 10.2 Å². The summed E-state index contributed by atoms with van der Waals surface area (Å²) in [6.07, 6.45) is 13.8. The molecule has 2 fully saturated rings. The lowest BCUT2D eigenvalue weighted by Gasteiger charge is -2.33. The first-order valence-corrected chi connectivity index (χ1v) is 23.8. The third kappa shape index (κ3) is 11.7. The fourth-order valence-electron chi connectivity index (χ4n) is 7.39. The van der Waals surface area contributed by atoms with Gasteiger partial charge in [-0.05, 0) is 73.9 Å². The molecule has 1 unspecified atom stereocenters. The van der Waals surface area contributed by atoms with Gasteiger partial charge in [0.1, 0.15) is 16.9 Å². The van der Waals surface area contributed by atoms with E-state index in [1.807, 2.05) is 87.6 Å². The normalized spacial score (nSPS) is 17.9. The molecule has 2 aliphatic rings. The van der Waals surface area contributed by atoms with E-state index in [0.29, 0.717) is 43.3 Å². The summed E-state index contributed by atoms with van der Waals surface area (Å²) in [6, 6.07) is 11.0. The van der Waals surface area contributed by atoms with Gasteiger partial charge >= 0.3 is 0 Å². The summed E-state index contributed by atoms with van der Waals surface area (Å²) < 4.78 is 69.4. The summed E-state index contributed by atoms with van der Waals surface area (Å²) >= 11 is 0. The van der Waals surface area contributed by atoms with Crippen LogP contribution in [0.3, 0.4) is 0 Å². The topological polar surface area (TPSA) is 200 Å². The SMILES string of the molecule is CC(C)CS(=O)(=O)N1CCCC(Nc2ncccc2-c2cnc3ccn(C)c3n2)C1.CC(C)CS(=O)(=O)N1CCC[C@H](N)C1.Cn1ccc2ncc(-c3cccnc3F)nc21. The highest BCUT2D eigenvalue weighted by atomic mass is 32.2. The average molecular weight is 877 g/mol. The first-order valence-electron chi connectivity index (χ1n) is 20.6. The number of rotatable bonds is 10. The minimum atomic E-state index is -3.24. The highest BCUT2D eigenvalue weighted by Crippen LogP contribution is 2.28. The Kier molecular flexibility index (Phi) is 14.8. The number of aryl methyl sites for hydroxylation is 2. The Balaban J connectivity index is 0.000000169. The van der Waals surface area contributed by atoms with Crippen molar-refractivity contribution in [2.45, 2.75) is 65.5 Å². The number of hydrogen-bond donors (Lipinski definition) is 2. The Hall–Kier alpha value is -4.95. The van der Waals surface area contributed by atoms with Crippen molar-refractivity contribution in [1.29, 1.82) is 0 Å². The second-order valence-corrected chi connectivity index (χ2v) is 20.5. The Morgan fingerprint density at radius 3 is 1.77 bits per heavy atom. The Morgan fingerprint density at radius 1 is 0.721 bits per heavy atom. The number of hydrogen-bond acceptors (Lipinski definition) is 12. The van der Waals surface area contributed by atoms with Crippen LogP contribution in [0.25, 0.3) is 44.8 Å². The smallest absolute Gasteiger partial charge is 0.222 e. The molecule has 6 aromatic heterocycles. The van der Waals surface area contributed by atoms with Crippen LogP contribution in [-0.2, 0) is 34.1 Å². The lowest BCUT2D eigenvalue weighted by Crippen LogP contribution is -2.46. The molecule has 328 valence electrons. The number of nitrogens with two attached hydrogens (primary N) is 1. The van der Waals surface area contributed by atoms with E-state index in [9.17, 15) is 21.2 Å². The molecular weight excluding hydrogens is 820 g/mol. The molecule has 8 heterocycles. The van der Waals surface area contributed by atoms with Crippen LogP contribution >= 0.6 is 0 Å². The number of nitrogens with one attached hydrogen (secondary N) is 1. The molecular formula is C42H57FN12O4S2. The van der Waals surface area contributed by atoms with Gasteiger partial charge in [-0.3, -0.25) is 9.97 Å². The van der Waals surface area contributed by atoms with E-state index in [-0.39, 0.29) is 35.4 Å². The van der Waals surface area contributed by atoms with Gasteiger partial charge in [-0.15, -0.1) is 0 Å². The Bertz CT molecular complexity index is 2640. The van der Waals surface area contributed by atoms with Crippen LogP contribution < -0.4 is 11.1 Å². The quantitative estimate of drug-likeness (QED) is 0.165. The predicted molar refractivity (Wildman–Crippen MR) is 238 cm³/mol. The molecule has 19 heteroatoms. The standard InChI is InChI=1S/C21H28N6O2S.C12H9FN4.C9H20N2O2S/c1-15(2)14-30(28,29)27-10-5-6-16(13-27)24-20-17(7-4-9-22-20)19-12-23-18-8-11-26(3)21(18)25-19;1-17-6-4-9-12(17)16-10(7-15-9)8-3-2-5-14-11(8)13;1-8(2)7-14(12,13)11-5-3-4-9(10)6-11/h4,7-9,11-12,15-16H,5-6,10,13-14H2,1-3H3,(H,22,24);2-7H,1H3;8-9H,3-7,10H2,1-2H3/t;;9-/m..0/s1. The molecule has 8 rings (SSSR count). The number of aromatic nitrogens is 8. The molecule has 0 amide bonds. The minimum Gasteiger partial charge on any atom is -0.365 e. The highest BCUT2D eigenvalue weighted by molar-refractivity contribution is 7.89. The molecule has 0 saturated carbocycles. The van der Waals surface area contributed by atoms with Gasteiger partial charge in [0, 0.05) is 82.7 Å². The fraction of sp³-hybridized carbons (Fsp3) is 0.476. The molecule has 0 aromatic carbocycles. The van der Waals surface area contributed by atoms with E-state index in [0.717, 1.165) is 59.3 Å². The van der Waals surface area contributed by atoms with Gasteiger partial charge in [-0.25, -0.2) is 41.1 Å². The molecule has 0 aliphatic carbocycles. The maximum Gasteiger partial charge on any atom is 0.222 e. The van der Waals surface area contributed by atoms with Crippen LogP contribution in [-0.4, -0.2) is 114 Å². The summed E-state index contributed by atoms with van der Waals surface area (Å²) in [7, 11) is -2.49. The van der Waals surface area contributed by atoms with Crippen molar-refractivity contribution in [2.24, 2.45) is 31.7 Å². The summed E-state index contributed by atoms with van der Waals surface area (Å²) in [5.41, 5.74) is 11.4. The number of fused-ring (bicyclic) bond motifs is 2. The van der Waals surface area contributed by atoms with Crippen LogP contribution in [0.2, 0.25) is 0 Å². The first kappa shape index (κ1) is 45.6.